The zero-order valence-electron chi connectivity index (χ0n) is 17.0. The van der Waals surface area contributed by atoms with Gasteiger partial charge < -0.3 is 14.8 Å². The van der Waals surface area contributed by atoms with Crippen LogP contribution in [-0.4, -0.2) is 59.6 Å². The molecule has 1 fully saturated rings. The summed E-state index contributed by atoms with van der Waals surface area (Å²) in [6.07, 6.45) is 2.15. The van der Waals surface area contributed by atoms with E-state index in [1.165, 1.54) is 5.01 Å². The Hall–Kier alpha value is -3.61. The number of aromatic amines is 1. The van der Waals surface area contributed by atoms with Crippen molar-refractivity contribution in [1.29, 1.82) is 0 Å². The number of aromatic nitrogens is 1. The fraction of sp³-hybridized carbons (Fsp3) is 0.261. The smallest absolute Gasteiger partial charge is 0.266 e. The summed E-state index contributed by atoms with van der Waals surface area (Å²) in [6.45, 7) is 0.403. The summed E-state index contributed by atoms with van der Waals surface area (Å²) in [5.74, 6) is -0.212. The minimum atomic E-state index is -0.508. The molecule has 0 unspecified atom stereocenters. The van der Waals surface area contributed by atoms with Crippen molar-refractivity contribution in [3.05, 3.63) is 65.4 Å². The normalized spacial score (nSPS) is 18.8. The predicted molar refractivity (Wildman–Crippen MR) is 116 cm³/mol. The number of rotatable bonds is 3. The molecule has 1 saturated heterocycles. The first-order valence-corrected chi connectivity index (χ1v) is 10.0. The maximum absolute atomic E-state index is 13.1. The van der Waals surface area contributed by atoms with Gasteiger partial charge in [-0.1, -0.05) is 30.3 Å². The second-order valence-electron chi connectivity index (χ2n) is 8.00. The Balaban J connectivity index is 1.39. The number of nitrogens with one attached hydrogen (secondary N) is 1. The Morgan fingerprint density at radius 3 is 2.60 bits per heavy atom. The van der Waals surface area contributed by atoms with Crippen molar-refractivity contribution >= 4 is 34.6 Å². The zero-order chi connectivity index (χ0) is 20.8. The van der Waals surface area contributed by atoms with Crippen molar-refractivity contribution in [3.63, 3.8) is 0 Å². The largest absolute Gasteiger partial charge is 0.378 e. The van der Waals surface area contributed by atoms with E-state index in [0.717, 1.165) is 33.4 Å². The van der Waals surface area contributed by atoms with Crippen LogP contribution in [0, 0.1) is 0 Å². The molecule has 2 aliphatic rings. The number of fused-ring (bicyclic) bond motifs is 4. The van der Waals surface area contributed by atoms with E-state index in [-0.39, 0.29) is 18.4 Å². The number of hydrogen-bond acceptors (Lipinski definition) is 4. The molecular formula is C23H23N5O2. The van der Waals surface area contributed by atoms with Crippen molar-refractivity contribution < 1.29 is 9.59 Å². The molecule has 2 amide bonds. The number of carbonyl (C=O) groups is 2. The molecule has 30 heavy (non-hydrogen) atoms. The highest BCUT2D eigenvalue weighted by atomic mass is 16.2. The van der Waals surface area contributed by atoms with Crippen LogP contribution < -0.4 is 4.90 Å². The van der Waals surface area contributed by atoms with Crippen molar-refractivity contribution in [2.75, 3.05) is 25.5 Å². The summed E-state index contributed by atoms with van der Waals surface area (Å²) in [5.41, 5.74) is 5.15. The highest BCUT2D eigenvalue weighted by Gasteiger charge is 2.43. The summed E-state index contributed by atoms with van der Waals surface area (Å²) < 4.78 is 0. The highest BCUT2D eigenvalue weighted by Crippen LogP contribution is 2.32. The van der Waals surface area contributed by atoms with E-state index < -0.39 is 6.04 Å². The van der Waals surface area contributed by atoms with Gasteiger partial charge in [-0.2, -0.15) is 5.10 Å². The van der Waals surface area contributed by atoms with Gasteiger partial charge in [0.05, 0.1) is 12.8 Å². The van der Waals surface area contributed by atoms with Crippen LogP contribution in [0.5, 0.6) is 0 Å². The molecule has 1 atom stereocenters. The number of hydrazone groups is 1. The molecule has 7 nitrogen and oxygen atoms in total. The molecule has 0 bridgehead atoms. The Labute approximate surface area is 174 Å². The molecule has 7 heteroatoms. The molecule has 1 N–H and O–H groups in total. The van der Waals surface area contributed by atoms with E-state index in [1.54, 1.807) is 11.1 Å². The Bertz CT molecular complexity index is 1160. The van der Waals surface area contributed by atoms with Crippen molar-refractivity contribution in [2.24, 2.45) is 5.10 Å². The van der Waals surface area contributed by atoms with Crippen LogP contribution in [0.15, 0.2) is 53.6 Å². The summed E-state index contributed by atoms with van der Waals surface area (Å²) in [4.78, 5) is 33.0. The molecule has 2 aromatic carbocycles. The number of piperazine rings is 1. The Morgan fingerprint density at radius 1 is 1.07 bits per heavy atom. The van der Waals surface area contributed by atoms with E-state index >= 15 is 0 Å². The maximum Gasteiger partial charge on any atom is 0.266 e. The lowest BCUT2D eigenvalue weighted by Gasteiger charge is -2.40. The monoisotopic (exact) mass is 401 g/mol. The molecule has 0 spiro atoms. The molecule has 152 valence electrons. The first kappa shape index (κ1) is 18.4. The van der Waals surface area contributed by atoms with E-state index in [2.05, 4.69) is 16.2 Å². The second kappa shape index (κ2) is 7.02. The highest BCUT2D eigenvalue weighted by molar-refractivity contribution is 5.97. The summed E-state index contributed by atoms with van der Waals surface area (Å²) in [7, 11) is 3.96. The predicted octanol–water partition coefficient (Wildman–Crippen LogP) is 2.36. The molecule has 3 heterocycles. The van der Waals surface area contributed by atoms with Crippen LogP contribution in [0.25, 0.3) is 10.9 Å². The van der Waals surface area contributed by atoms with Crippen molar-refractivity contribution in [1.82, 2.24) is 14.9 Å². The standard InChI is InChI=1S/C23H23N5O2/c1-26(2)16-9-7-15(8-10-16)12-24-28-14-22(29)27-13-20-18(11-21(27)23(28)30)17-5-3-4-6-19(17)25-20/h3-10,12,21,25H,11,13-14H2,1-2H3/b24-12-/t21-/m1/s1. The van der Waals surface area contributed by atoms with Gasteiger partial charge in [-0.25, -0.2) is 5.01 Å². The minimum absolute atomic E-state index is 0.0306. The van der Waals surface area contributed by atoms with Crippen LogP contribution in [0.4, 0.5) is 5.69 Å². The number of H-pyrrole nitrogens is 1. The van der Waals surface area contributed by atoms with E-state index in [9.17, 15) is 9.59 Å². The van der Waals surface area contributed by atoms with Gasteiger partial charge >= 0.3 is 0 Å². The first-order valence-electron chi connectivity index (χ1n) is 10.0. The fourth-order valence-electron chi connectivity index (χ4n) is 4.25. The lowest BCUT2D eigenvalue weighted by Crippen LogP contribution is -2.60. The number of carbonyl (C=O) groups excluding carboxylic acids is 2. The van der Waals surface area contributed by atoms with Crippen LogP contribution in [-0.2, 0) is 22.6 Å². The molecule has 1 aromatic heterocycles. The Morgan fingerprint density at radius 2 is 1.83 bits per heavy atom. The van der Waals surface area contributed by atoms with Gasteiger partial charge in [0.2, 0.25) is 5.91 Å². The number of amides is 2. The molecule has 3 aromatic rings. The SMILES string of the molecule is CN(C)c1ccc(/C=N\N2CC(=O)N3Cc4[nH]c5ccccc5c4C[C@@H]3C2=O)cc1. The van der Waals surface area contributed by atoms with Crippen LogP contribution >= 0.6 is 0 Å². The van der Waals surface area contributed by atoms with Gasteiger partial charge in [0, 0.05) is 42.8 Å². The van der Waals surface area contributed by atoms with Gasteiger partial charge in [-0.15, -0.1) is 0 Å². The van der Waals surface area contributed by atoms with Crippen LogP contribution in [0.3, 0.4) is 0 Å². The third-order valence-corrected chi connectivity index (χ3v) is 5.90. The Kier molecular flexibility index (Phi) is 4.31. The first-order chi connectivity index (χ1) is 14.5. The number of benzene rings is 2. The third-order valence-electron chi connectivity index (χ3n) is 5.90. The van der Waals surface area contributed by atoms with E-state index in [4.69, 9.17) is 0 Å². The van der Waals surface area contributed by atoms with Crippen LogP contribution in [0.2, 0.25) is 0 Å². The van der Waals surface area contributed by atoms with Crippen LogP contribution in [0.1, 0.15) is 16.8 Å². The molecule has 0 saturated carbocycles. The summed E-state index contributed by atoms with van der Waals surface area (Å²) in [5, 5.41) is 6.77. The van der Waals surface area contributed by atoms with Crippen molar-refractivity contribution in [3.8, 4) is 0 Å². The number of hydrogen-bond donors (Lipinski definition) is 1. The number of anilines is 1. The summed E-state index contributed by atoms with van der Waals surface area (Å²) in [6, 6.07) is 15.4. The lowest BCUT2D eigenvalue weighted by atomic mass is 9.94. The number of para-hydroxylation sites is 1. The minimum Gasteiger partial charge on any atom is -0.378 e. The van der Waals surface area contributed by atoms with Gasteiger partial charge in [0.1, 0.15) is 12.6 Å². The average molecular weight is 401 g/mol. The molecular weight excluding hydrogens is 378 g/mol. The average Bonchev–Trinajstić information content (AvgIpc) is 3.12. The summed E-state index contributed by atoms with van der Waals surface area (Å²) >= 11 is 0. The molecule has 2 aliphatic heterocycles. The van der Waals surface area contributed by atoms with Gasteiger partial charge in [-0.3, -0.25) is 9.59 Å². The van der Waals surface area contributed by atoms with E-state index in [0.29, 0.717) is 13.0 Å². The quantitative estimate of drug-likeness (QED) is 0.685. The fourth-order valence-corrected chi connectivity index (χ4v) is 4.25. The van der Waals surface area contributed by atoms with Crippen molar-refractivity contribution in [2.45, 2.75) is 19.0 Å². The zero-order valence-corrected chi connectivity index (χ0v) is 17.0. The third kappa shape index (κ3) is 3.03. The second-order valence-corrected chi connectivity index (χ2v) is 8.00. The van der Waals surface area contributed by atoms with Gasteiger partial charge in [0.25, 0.3) is 5.91 Å². The van der Waals surface area contributed by atoms with E-state index in [1.807, 2.05) is 61.5 Å². The topological polar surface area (TPSA) is 72.0 Å². The lowest BCUT2D eigenvalue weighted by molar-refractivity contribution is -0.157. The number of nitrogens with zero attached hydrogens (tertiary/aromatic N) is 4. The molecule has 5 rings (SSSR count). The molecule has 0 aliphatic carbocycles. The maximum atomic E-state index is 13.1. The van der Waals surface area contributed by atoms with Gasteiger partial charge in [-0.05, 0) is 29.3 Å². The molecule has 0 radical (unpaired) electrons. The van der Waals surface area contributed by atoms with Gasteiger partial charge in [0.15, 0.2) is 0 Å².